The van der Waals surface area contributed by atoms with Crippen molar-refractivity contribution in [2.24, 2.45) is 0 Å². The van der Waals surface area contributed by atoms with Crippen LogP contribution in [0.4, 0.5) is 16.2 Å². The van der Waals surface area contributed by atoms with Gasteiger partial charge in [0.05, 0.1) is 10.7 Å². The molecular weight excluding hydrogens is 202 g/mol. The first-order valence-corrected chi connectivity index (χ1v) is 4.66. The van der Waals surface area contributed by atoms with Crippen LogP contribution in [0.5, 0.6) is 0 Å². The van der Waals surface area contributed by atoms with E-state index < -0.39 is 0 Å². The minimum absolute atomic E-state index is 0.127. The number of rotatable bonds is 1. The summed E-state index contributed by atoms with van der Waals surface area (Å²) < 4.78 is 0. The van der Waals surface area contributed by atoms with Gasteiger partial charge in [-0.05, 0) is 18.2 Å². The fourth-order valence-electron chi connectivity index (χ4n) is 1.44. The number of anilines is 2. The number of nitrogen functional groups attached to an aromatic ring is 1. The molecule has 0 aromatic heterocycles. The van der Waals surface area contributed by atoms with Gasteiger partial charge in [0.15, 0.2) is 0 Å². The smallest absolute Gasteiger partial charge is 0.322 e. The lowest BCUT2D eigenvalue weighted by molar-refractivity contribution is 0.252. The Labute approximate surface area is 86.6 Å². The largest absolute Gasteiger partial charge is 0.399 e. The highest BCUT2D eigenvalue weighted by Gasteiger charge is 2.22. The first kappa shape index (κ1) is 9.15. The summed E-state index contributed by atoms with van der Waals surface area (Å²) in [5.74, 6) is 0. The van der Waals surface area contributed by atoms with E-state index in [1.54, 1.807) is 23.1 Å². The fraction of sp³-hybridized carbons (Fsp3) is 0.222. The van der Waals surface area contributed by atoms with Gasteiger partial charge < -0.3 is 11.1 Å². The molecule has 3 N–H and O–H groups in total. The SMILES string of the molecule is Nc1ccc(Cl)c(N2CCNC2=O)c1. The van der Waals surface area contributed by atoms with Gasteiger partial charge in [0.25, 0.3) is 0 Å². The number of amides is 2. The predicted molar refractivity (Wildman–Crippen MR) is 56.6 cm³/mol. The van der Waals surface area contributed by atoms with E-state index in [2.05, 4.69) is 5.32 Å². The second-order valence-corrected chi connectivity index (χ2v) is 3.50. The molecule has 2 amide bonds. The van der Waals surface area contributed by atoms with E-state index in [9.17, 15) is 4.79 Å². The van der Waals surface area contributed by atoms with Crippen LogP contribution < -0.4 is 16.0 Å². The van der Waals surface area contributed by atoms with Crippen molar-refractivity contribution < 1.29 is 4.79 Å². The Morgan fingerprint density at radius 2 is 2.29 bits per heavy atom. The predicted octanol–water partition coefficient (Wildman–Crippen LogP) is 1.45. The van der Waals surface area contributed by atoms with Crippen LogP contribution in [0, 0.1) is 0 Å². The third-order valence-electron chi connectivity index (χ3n) is 2.12. The van der Waals surface area contributed by atoms with Gasteiger partial charge in [0.2, 0.25) is 0 Å². The normalized spacial score (nSPS) is 15.8. The number of carbonyl (C=O) groups excluding carboxylic acids is 1. The van der Waals surface area contributed by atoms with Crippen molar-refractivity contribution >= 4 is 29.0 Å². The Morgan fingerprint density at radius 1 is 1.50 bits per heavy atom. The molecule has 1 aromatic rings. The molecule has 1 aliphatic heterocycles. The zero-order chi connectivity index (χ0) is 10.1. The molecule has 1 heterocycles. The van der Waals surface area contributed by atoms with Crippen molar-refractivity contribution in [3.05, 3.63) is 23.2 Å². The number of carbonyl (C=O) groups is 1. The Bertz CT molecular complexity index is 380. The molecule has 1 fully saturated rings. The third kappa shape index (κ3) is 1.48. The number of nitrogens with one attached hydrogen (secondary N) is 1. The number of hydrogen-bond acceptors (Lipinski definition) is 2. The molecule has 5 heteroatoms. The van der Waals surface area contributed by atoms with E-state index in [0.717, 1.165) is 0 Å². The van der Waals surface area contributed by atoms with E-state index in [1.807, 2.05) is 0 Å². The summed E-state index contributed by atoms with van der Waals surface area (Å²) in [5, 5.41) is 3.24. The summed E-state index contributed by atoms with van der Waals surface area (Å²) in [7, 11) is 0. The van der Waals surface area contributed by atoms with Gasteiger partial charge in [0, 0.05) is 18.8 Å². The lowest BCUT2D eigenvalue weighted by atomic mass is 10.2. The van der Waals surface area contributed by atoms with Crippen molar-refractivity contribution in [2.45, 2.75) is 0 Å². The molecule has 2 rings (SSSR count). The van der Waals surface area contributed by atoms with Crippen molar-refractivity contribution in [3.63, 3.8) is 0 Å². The van der Waals surface area contributed by atoms with Gasteiger partial charge in [-0.2, -0.15) is 0 Å². The highest BCUT2D eigenvalue weighted by Crippen LogP contribution is 2.28. The first-order chi connectivity index (χ1) is 6.68. The van der Waals surface area contributed by atoms with Crippen LogP contribution in [-0.4, -0.2) is 19.1 Å². The average molecular weight is 212 g/mol. The molecule has 1 saturated heterocycles. The van der Waals surface area contributed by atoms with Gasteiger partial charge in [-0.15, -0.1) is 0 Å². The minimum atomic E-state index is -0.127. The van der Waals surface area contributed by atoms with Crippen molar-refractivity contribution in [1.29, 1.82) is 0 Å². The monoisotopic (exact) mass is 211 g/mol. The topological polar surface area (TPSA) is 58.4 Å². The van der Waals surface area contributed by atoms with Crippen LogP contribution in [-0.2, 0) is 0 Å². The lowest BCUT2D eigenvalue weighted by Gasteiger charge is -2.16. The molecule has 0 radical (unpaired) electrons. The Balaban J connectivity index is 2.39. The molecule has 0 aliphatic carbocycles. The second-order valence-electron chi connectivity index (χ2n) is 3.09. The summed E-state index contributed by atoms with van der Waals surface area (Å²) in [6.07, 6.45) is 0. The number of benzene rings is 1. The second kappa shape index (κ2) is 3.38. The number of nitrogens with zero attached hydrogens (tertiary/aromatic N) is 1. The maximum Gasteiger partial charge on any atom is 0.322 e. The van der Waals surface area contributed by atoms with E-state index in [-0.39, 0.29) is 6.03 Å². The van der Waals surface area contributed by atoms with Crippen molar-refractivity contribution in [3.8, 4) is 0 Å². The van der Waals surface area contributed by atoms with Gasteiger partial charge in [-0.25, -0.2) is 4.79 Å². The molecule has 1 aromatic carbocycles. The fourth-order valence-corrected chi connectivity index (χ4v) is 1.66. The quantitative estimate of drug-likeness (QED) is 0.691. The summed E-state index contributed by atoms with van der Waals surface area (Å²) in [6, 6.07) is 4.97. The van der Waals surface area contributed by atoms with Crippen molar-refractivity contribution in [1.82, 2.24) is 5.32 Å². The molecule has 0 atom stereocenters. The number of halogens is 1. The standard InChI is InChI=1S/C9H10ClN3O/c10-7-2-1-6(11)5-8(7)13-4-3-12-9(13)14/h1-2,5H,3-4,11H2,(H,12,14). The van der Waals surface area contributed by atoms with E-state index >= 15 is 0 Å². The first-order valence-electron chi connectivity index (χ1n) is 4.29. The van der Waals surface area contributed by atoms with Crippen LogP contribution in [0.15, 0.2) is 18.2 Å². The van der Waals surface area contributed by atoms with E-state index in [1.165, 1.54) is 0 Å². The minimum Gasteiger partial charge on any atom is -0.399 e. The lowest BCUT2D eigenvalue weighted by Crippen LogP contribution is -2.27. The number of nitrogens with two attached hydrogens (primary N) is 1. The van der Waals surface area contributed by atoms with Gasteiger partial charge in [0.1, 0.15) is 0 Å². The number of urea groups is 1. The van der Waals surface area contributed by atoms with Crippen molar-refractivity contribution in [2.75, 3.05) is 23.7 Å². The van der Waals surface area contributed by atoms with Gasteiger partial charge >= 0.3 is 6.03 Å². The molecule has 74 valence electrons. The van der Waals surface area contributed by atoms with Gasteiger partial charge in [-0.1, -0.05) is 11.6 Å². The Morgan fingerprint density at radius 3 is 2.93 bits per heavy atom. The zero-order valence-electron chi connectivity index (χ0n) is 7.46. The van der Waals surface area contributed by atoms with Crippen LogP contribution in [0.25, 0.3) is 0 Å². The molecule has 0 unspecified atom stereocenters. The Hall–Kier alpha value is -1.42. The zero-order valence-corrected chi connectivity index (χ0v) is 8.21. The van der Waals surface area contributed by atoms with Crippen LogP contribution in [0.3, 0.4) is 0 Å². The van der Waals surface area contributed by atoms with E-state index in [0.29, 0.717) is 29.5 Å². The summed E-state index contributed by atoms with van der Waals surface area (Å²) >= 11 is 5.96. The van der Waals surface area contributed by atoms with Crippen LogP contribution in [0.1, 0.15) is 0 Å². The summed E-state index contributed by atoms with van der Waals surface area (Å²) in [4.78, 5) is 12.9. The van der Waals surface area contributed by atoms with E-state index in [4.69, 9.17) is 17.3 Å². The molecule has 1 aliphatic rings. The summed E-state index contributed by atoms with van der Waals surface area (Å²) in [6.45, 7) is 1.27. The highest BCUT2D eigenvalue weighted by atomic mass is 35.5. The van der Waals surface area contributed by atoms with Crippen LogP contribution >= 0.6 is 11.6 Å². The van der Waals surface area contributed by atoms with Gasteiger partial charge in [-0.3, -0.25) is 4.90 Å². The molecule has 14 heavy (non-hydrogen) atoms. The molecule has 0 saturated carbocycles. The average Bonchev–Trinajstić information content (AvgIpc) is 2.56. The molecule has 0 spiro atoms. The van der Waals surface area contributed by atoms with Crippen LogP contribution in [0.2, 0.25) is 5.02 Å². The third-order valence-corrected chi connectivity index (χ3v) is 2.44. The maximum atomic E-state index is 11.4. The highest BCUT2D eigenvalue weighted by molar-refractivity contribution is 6.34. The molecule has 4 nitrogen and oxygen atoms in total. The molecular formula is C9H10ClN3O. The summed E-state index contributed by atoms with van der Waals surface area (Å²) in [5.41, 5.74) is 6.89. The maximum absolute atomic E-state index is 11.4. The number of hydrogen-bond donors (Lipinski definition) is 2. The Kier molecular flexibility index (Phi) is 2.21. The molecule has 0 bridgehead atoms.